The fraction of sp³-hybridized carbons (Fsp3) is 0.333. The second-order valence-electron chi connectivity index (χ2n) is 3.72. The van der Waals surface area contributed by atoms with Gasteiger partial charge in [0.2, 0.25) is 11.3 Å². The Morgan fingerprint density at radius 1 is 1.53 bits per heavy atom. The predicted molar refractivity (Wildman–Crippen MR) is 61.7 cm³/mol. The summed E-state index contributed by atoms with van der Waals surface area (Å²) < 4.78 is 0.357. The summed E-state index contributed by atoms with van der Waals surface area (Å²) >= 11 is 3.06. The molecule has 0 saturated carbocycles. The SMILES string of the molecule is CC(C)(N)C(=O)Nc1c[nH]cc(Br)c1=O. The first-order valence-electron chi connectivity index (χ1n) is 4.29. The van der Waals surface area contributed by atoms with Gasteiger partial charge in [-0.05, 0) is 29.8 Å². The lowest BCUT2D eigenvalue weighted by molar-refractivity contribution is -0.120. The molecule has 6 heteroatoms. The summed E-state index contributed by atoms with van der Waals surface area (Å²) in [5.74, 6) is -0.411. The van der Waals surface area contributed by atoms with E-state index in [-0.39, 0.29) is 11.1 Å². The van der Waals surface area contributed by atoms with Gasteiger partial charge in [-0.25, -0.2) is 0 Å². The quantitative estimate of drug-likeness (QED) is 0.745. The smallest absolute Gasteiger partial charge is 0.244 e. The second kappa shape index (κ2) is 4.16. The van der Waals surface area contributed by atoms with Crippen molar-refractivity contribution in [3.8, 4) is 0 Å². The van der Waals surface area contributed by atoms with Crippen molar-refractivity contribution < 1.29 is 4.79 Å². The van der Waals surface area contributed by atoms with Crippen molar-refractivity contribution >= 4 is 27.5 Å². The van der Waals surface area contributed by atoms with Crippen molar-refractivity contribution in [2.24, 2.45) is 5.73 Å². The van der Waals surface area contributed by atoms with Crippen LogP contribution in [-0.4, -0.2) is 16.4 Å². The van der Waals surface area contributed by atoms with Gasteiger partial charge in [0.25, 0.3) is 0 Å². The number of rotatable bonds is 2. The Morgan fingerprint density at radius 3 is 2.67 bits per heavy atom. The van der Waals surface area contributed by atoms with E-state index in [0.717, 1.165) is 0 Å². The highest BCUT2D eigenvalue weighted by atomic mass is 79.9. The third kappa shape index (κ3) is 2.90. The summed E-state index contributed by atoms with van der Waals surface area (Å²) in [7, 11) is 0. The molecule has 0 aliphatic heterocycles. The van der Waals surface area contributed by atoms with Gasteiger partial charge in [-0.1, -0.05) is 0 Å². The zero-order valence-corrected chi connectivity index (χ0v) is 10.0. The molecular formula is C9H12BrN3O2. The lowest BCUT2D eigenvalue weighted by atomic mass is 10.1. The second-order valence-corrected chi connectivity index (χ2v) is 4.58. The van der Waals surface area contributed by atoms with Crippen molar-refractivity contribution in [2.45, 2.75) is 19.4 Å². The molecule has 0 fully saturated rings. The molecule has 82 valence electrons. The van der Waals surface area contributed by atoms with E-state index in [2.05, 4.69) is 26.2 Å². The molecule has 0 aromatic carbocycles. The molecule has 0 aliphatic rings. The van der Waals surface area contributed by atoms with Crippen LogP contribution in [0.25, 0.3) is 0 Å². The van der Waals surface area contributed by atoms with Crippen molar-refractivity contribution in [2.75, 3.05) is 5.32 Å². The van der Waals surface area contributed by atoms with Crippen LogP contribution in [0.5, 0.6) is 0 Å². The maximum Gasteiger partial charge on any atom is 0.244 e. The Hall–Kier alpha value is -1.14. The van der Waals surface area contributed by atoms with E-state index in [4.69, 9.17) is 5.73 Å². The average Bonchev–Trinajstić information content (AvgIpc) is 2.11. The van der Waals surface area contributed by atoms with Crippen LogP contribution in [0.2, 0.25) is 0 Å². The third-order valence-corrected chi connectivity index (χ3v) is 2.32. The Labute approximate surface area is 95.2 Å². The van der Waals surface area contributed by atoms with E-state index in [0.29, 0.717) is 4.47 Å². The summed E-state index contributed by atoms with van der Waals surface area (Å²) in [5.41, 5.74) is 4.45. The Morgan fingerprint density at radius 2 is 2.13 bits per heavy atom. The number of aromatic nitrogens is 1. The van der Waals surface area contributed by atoms with Crippen LogP contribution < -0.4 is 16.5 Å². The molecule has 0 radical (unpaired) electrons. The van der Waals surface area contributed by atoms with Crippen LogP contribution >= 0.6 is 15.9 Å². The van der Waals surface area contributed by atoms with Crippen molar-refractivity contribution in [1.82, 2.24) is 4.98 Å². The van der Waals surface area contributed by atoms with Gasteiger partial charge >= 0.3 is 0 Å². The van der Waals surface area contributed by atoms with Gasteiger partial charge < -0.3 is 16.0 Å². The number of nitrogens with one attached hydrogen (secondary N) is 2. The number of amides is 1. The van der Waals surface area contributed by atoms with Crippen LogP contribution in [0.1, 0.15) is 13.8 Å². The van der Waals surface area contributed by atoms with Crippen LogP contribution in [0, 0.1) is 0 Å². The number of aromatic amines is 1. The number of H-pyrrole nitrogens is 1. The Kier molecular flexibility index (Phi) is 3.31. The van der Waals surface area contributed by atoms with Crippen LogP contribution in [0.3, 0.4) is 0 Å². The first-order chi connectivity index (χ1) is 6.82. The highest BCUT2D eigenvalue weighted by molar-refractivity contribution is 9.10. The maximum absolute atomic E-state index is 11.5. The molecule has 0 spiro atoms. The minimum Gasteiger partial charge on any atom is -0.365 e. The van der Waals surface area contributed by atoms with Crippen LogP contribution in [-0.2, 0) is 4.79 Å². The van der Waals surface area contributed by atoms with Crippen LogP contribution in [0.15, 0.2) is 21.7 Å². The normalized spacial score (nSPS) is 11.2. The highest BCUT2D eigenvalue weighted by Crippen LogP contribution is 2.07. The molecule has 0 unspecified atom stereocenters. The summed E-state index contributed by atoms with van der Waals surface area (Å²) in [5, 5.41) is 2.45. The molecule has 0 saturated heterocycles. The lowest BCUT2D eigenvalue weighted by Crippen LogP contribution is -2.46. The van der Waals surface area contributed by atoms with Crippen molar-refractivity contribution in [3.05, 3.63) is 27.1 Å². The van der Waals surface area contributed by atoms with Crippen molar-refractivity contribution in [1.29, 1.82) is 0 Å². The third-order valence-electron chi connectivity index (χ3n) is 1.73. The topological polar surface area (TPSA) is 88.0 Å². The molecule has 0 aliphatic carbocycles. The molecule has 1 amide bonds. The molecule has 4 N–H and O–H groups in total. The first-order valence-corrected chi connectivity index (χ1v) is 5.08. The molecule has 5 nitrogen and oxygen atoms in total. The molecule has 1 aromatic rings. The first kappa shape index (κ1) is 11.9. The fourth-order valence-corrected chi connectivity index (χ4v) is 1.18. The molecule has 0 atom stereocenters. The lowest BCUT2D eigenvalue weighted by Gasteiger charge is -2.17. The maximum atomic E-state index is 11.5. The number of pyridine rings is 1. The minimum atomic E-state index is -1.02. The number of hydrogen-bond donors (Lipinski definition) is 3. The summed E-state index contributed by atoms with van der Waals surface area (Å²) in [6.45, 7) is 3.13. The van der Waals surface area contributed by atoms with Gasteiger partial charge in [0.1, 0.15) is 5.69 Å². The summed E-state index contributed by atoms with van der Waals surface area (Å²) in [6, 6.07) is 0. The number of hydrogen-bond acceptors (Lipinski definition) is 3. The predicted octanol–water partition coefficient (Wildman–Crippen LogP) is 0.813. The monoisotopic (exact) mass is 273 g/mol. The van der Waals surface area contributed by atoms with Gasteiger partial charge in [-0.3, -0.25) is 9.59 Å². The van der Waals surface area contributed by atoms with Gasteiger partial charge in [-0.2, -0.15) is 0 Å². The summed E-state index contributed by atoms with van der Waals surface area (Å²) in [4.78, 5) is 25.7. The number of carbonyl (C=O) groups excluding carboxylic acids is 1. The minimum absolute atomic E-state index is 0.174. The van der Waals surface area contributed by atoms with Gasteiger partial charge in [0, 0.05) is 12.4 Å². The van der Waals surface area contributed by atoms with Gasteiger partial charge in [0.05, 0.1) is 10.0 Å². The van der Waals surface area contributed by atoms with E-state index in [1.54, 1.807) is 13.8 Å². The standard InChI is InChI=1S/C9H12BrN3O2/c1-9(2,11)8(15)13-6-4-12-3-5(10)7(6)14/h3-4H,11H2,1-2H3,(H,12,14)(H,13,15). The Bertz CT molecular complexity index is 434. The fourth-order valence-electron chi connectivity index (χ4n) is 0.834. The van der Waals surface area contributed by atoms with E-state index in [9.17, 15) is 9.59 Å². The number of anilines is 1. The van der Waals surface area contributed by atoms with Crippen molar-refractivity contribution in [3.63, 3.8) is 0 Å². The molecule has 1 aromatic heterocycles. The highest BCUT2D eigenvalue weighted by Gasteiger charge is 2.22. The number of carbonyl (C=O) groups is 1. The number of halogens is 1. The summed E-state index contributed by atoms with van der Waals surface area (Å²) in [6.07, 6.45) is 2.91. The van der Waals surface area contributed by atoms with E-state index >= 15 is 0 Å². The number of nitrogens with two attached hydrogens (primary N) is 1. The zero-order chi connectivity index (χ0) is 11.6. The van der Waals surface area contributed by atoms with Crippen LogP contribution in [0.4, 0.5) is 5.69 Å². The molecular weight excluding hydrogens is 262 g/mol. The van der Waals surface area contributed by atoms with E-state index in [1.165, 1.54) is 12.4 Å². The van der Waals surface area contributed by atoms with E-state index in [1.807, 2.05) is 0 Å². The molecule has 0 bridgehead atoms. The van der Waals surface area contributed by atoms with Gasteiger partial charge in [0.15, 0.2) is 0 Å². The van der Waals surface area contributed by atoms with Gasteiger partial charge in [-0.15, -0.1) is 0 Å². The molecule has 1 rings (SSSR count). The average molecular weight is 274 g/mol. The molecule has 1 heterocycles. The largest absolute Gasteiger partial charge is 0.365 e. The van der Waals surface area contributed by atoms with E-state index < -0.39 is 11.4 Å². The zero-order valence-electron chi connectivity index (χ0n) is 8.43. The molecule has 15 heavy (non-hydrogen) atoms. The Balaban J connectivity index is 2.97.